The summed E-state index contributed by atoms with van der Waals surface area (Å²) in [6, 6.07) is 0. The Balaban J connectivity index is 2.63. The Bertz CT molecular complexity index is 164. The highest BCUT2D eigenvalue weighted by molar-refractivity contribution is 8.12. The van der Waals surface area contributed by atoms with Gasteiger partial charge in [0.25, 0.3) is 0 Å². The number of rotatable bonds is 4. The van der Waals surface area contributed by atoms with Crippen molar-refractivity contribution in [3.05, 3.63) is 0 Å². The molecule has 1 aliphatic rings. The van der Waals surface area contributed by atoms with Gasteiger partial charge in [0.1, 0.15) is 0 Å². The quantitative estimate of drug-likeness (QED) is 0.758. The molecule has 0 aromatic rings. The van der Waals surface area contributed by atoms with Gasteiger partial charge in [-0.05, 0) is 25.0 Å². The molecule has 1 heterocycles. The molecule has 1 fully saturated rings. The first-order valence-electron chi connectivity index (χ1n) is 4.38. The summed E-state index contributed by atoms with van der Waals surface area (Å²) >= 11 is 1.76. The molecule has 0 amide bonds. The van der Waals surface area contributed by atoms with E-state index in [1.165, 1.54) is 0 Å². The predicted molar refractivity (Wildman–Crippen MR) is 54.8 cm³/mol. The van der Waals surface area contributed by atoms with Crippen LogP contribution in [-0.4, -0.2) is 31.5 Å². The van der Waals surface area contributed by atoms with Gasteiger partial charge in [0.2, 0.25) is 0 Å². The van der Waals surface area contributed by atoms with Gasteiger partial charge in [-0.15, -0.1) is 11.8 Å². The first-order chi connectivity index (χ1) is 5.75. The fourth-order valence-electron chi connectivity index (χ4n) is 1.65. The molecule has 1 saturated heterocycles. The third-order valence-corrected chi connectivity index (χ3v) is 6.23. The summed E-state index contributed by atoms with van der Waals surface area (Å²) in [4.78, 5) is 0. The van der Waals surface area contributed by atoms with Crippen LogP contribution in [0.25, 0.3) is 0 Å². The van der Waals surface area contributed by atoms with Gasteiger partial charge in [0, 0.05) is 23.2 Å². The van der Waals surface area contributed by atoms with Crippen molar-refractivity contribution in [1.82, 2.24) is 0 Å². The monoisotopic (exact) mass is 208 g/mol. The smallest absolute Gasteiger partial charge is 0.0930 e. The van der Waals surface area contributed by atoms with Crippen LogP contribution in [0.5, 0.6) is 0 Å². The molecule has 2 nitrogen and oxygen atoms in total. The number of hydrogen-bond acceptors (Lipinski definition) is 3. The molecule has 4 heteroatoms. The highest BCUT2D eigenvalue weighted by atomic mass is 32.2. The summed E-state index contributed by atoms with van der Waals surface area (Å²) in [7, 11) is -0.716. The van der Waals surface area contributed by atoms with E-state index in [1.54, 1.807) is 11.8 Å². The number of aliphatic hydroxyl groups excluding tert-OH is 1. The molecule has 0 bridgehead atoms. The van der Waals surface area contributed by atoms with E-state index in [0.717, 1.165) is 24.3 Å². The van der Waals surface area contributed by atoms with E-state index in [2.05, 4.69) is 6.92 Å². The molecule has 1 unspecified atom stereocenters. The zero-order valence-electron chi connectivity index (χ0n) is 7.41. The SMILES string of the molecule is CCS[C@]1(CCO)CCCS1=O. The largest absolute Gasteiger partial charge is 0.396 e. The summed E-state index contributed by atoms with van der Waals surface area (Å²) < 4.78 is 11.5. The third kappa shape index (κ3) is 2.03. The van der Waals surface area contributed by atoms with Crippen LogP contribution in [0.4, 0.5) is 0 Å². The molecular weight excluding hydrogens is 192 g/mol. The van der Waals surface area contributed by atoms with Crippen LogP contribution in [-0.2, 0) is 10.8 Å². The average Bonchev–Trinajstić information content (AvgIpc) is 2.35. The molecule has 1 N–H and O–H groups in total. The molecule has 0 aromatic heterocycles. The van der Waals surface area contributed by atoms with Gasteiger partial charge in [-0.25, -0.2) is 0 Å². The van der Waals surface area contributed by atoms with Crippen molar-refractivity contribution in [2.75, 3.05) is 18.1 Å². The van der Waals surface area contributed by atoms with Gasteiger partial charge >= 0.3 is 0 Å². The molecule has 12 heavy (non-hydrogen) atoms. The molecular formula is C8H16O2S2. The third-order valence-electron chi connectivity index (χ3n) is 2.20. The lowest BCUT2D eigenvalue weighted by molar-refractivity contribution is 0.281. The second-order valence-electron chi connectivity index (χ2n) is 2.97. The van der Waals surface area contributed by atoms with E-state index in [1.807, 2.05) is 0 Å². The number of aliphatic hydroxyl groups is 1. The van der Waals surface area contributed by atoms with Gasteiger partial charge in [-0.2, -0.15) is 0 Å². The molecule has 2 atom stereocenters. The Kier molecular flexibility index (Phi) is 4.06. The van der Waals surface area contributed by atoms with Crippen LogP contribution >= 0.6 is 11.8 Å². The van der Waals surface area contributed by atoms with Gasteiger partial charge in [-0.3, -0.25) is 4.21 Å². The van der Waals surface area contributed by atoms with E-state index in [4.69, 9.17) is 5.11 Å². The van der Waals surface area contributed by atoms with Gasteiger partial charge in [0.15, 0.2) is 0 Å². The Morgan fingerprint density at radius 3 is 2.83 bits per heavy atom. The molecule has 1 aliphatic heterocycles. The minimum Gasteiger partial charge on any atom is -0.396 e. The fourth-order valence-corrected chi connectivity index (χ4v) is 5.30. The molecule has 0 aromatic carbocycles. The van der Waals surface area contributed by atoms with Crippen LogP contribution in [0, 0.1) is 0 Å². The van der Waals surface area contributed by atoms with Crippen molar-refractivity contribution in [3.63, 3.8) is 0 Å². The summed E-state index contributed by atoms with van der Waals surface area (Å²) in [5, 5.41) is 8.89. The molecule has 0 spiro atoms. The topological polar surface area (TPSA) is 37.3 Å². The summed E-state index contributed by atoms with van der Waals surface area (Å²) in [6.45, 7) is 2.25. The first kappa shape index (κ1) is 10.5. The van der Waals surface area contributed by atoms with Gasteiger partial charge in [0.05, 0.1) is 4.08 Å². The van der Waals surface area contributed by atoms with E-state index >= 15 is 0 Å². The van der Waals surface area contributed by atoms with Crippen LogP contribution in [0.1, 0.15) is 26.2 Å². The van der Waals surface area contributed by atoms with Crippen molar-refractivity contribution >= 4 is 22.6 Å². The Labute approximate surface area is 80.6 Å². The Morgan fingerprint density at radius 2 is 2.42 bits per heavy atom. The molecule has 0 radical (unpaired) electrons. The molecule has 1 rings (SSSR count). The van der Waals surface area contributed by atoms with Crippen molar-refractivity contribution in [3.8, 4) is 0 Å². The highest BCUT2D eigenvalue weighted by Gasteiger charge is 2.40. The van der Waals surface area contributed by atoms with Crippen molar-refractivity contribution in [1.29, 1.82) is 0 Å². The van der Waals surface area contributed by atoms with Crippen LogP contribution in [0.3, 0.4) is 0 Å². The van der Waals surface area contributed by atoms with Gasteiger partial charge in [-0.1, -0.05) is 6.92 Å². The zero-order chi connectivity index (χ0) is 9.03. The number of hydrogen-bond donors (Lipinski definition) is 1. The lowest BCUT2D eigenvalue weighted by Gasteiger charge is -2.25. The Hall–Kier alpha value is 0.460. The summed E-state index contributed by atoms with van der Waals surface area (Å²) in [5.74, 6) is 1.82. The second-order valence-corrected chi connectivity index (χ2v) is 6.76. The summed E-state index contributed by atoms with van der Waals surface area (Å²) in [6.07, 6.45) is 2.76. The van der Waals surface area contributed by atoms with Crippen molar-refractivity contribution in [2.45, 2.75) is 30.3 Å². The van der Waals surface area contributed by atoms with Crippen molar-refractivity contribution < 1.29 is 9.32 Å². The van der Waals surface area contributed by atoms with Gasteiger partial charge < -0.3 is 5.11 Å². The maximum Gasteiger partial charge on any atom is 0.0930 e. The van der Waals surface area contributed by atoms with E-state index < -0.39 is 10.8 Å². The second kappa shape index (κ2) is 4.63. The summed E-state index contributed by atoms with van der Waals surface area (Å²) in [5.41, 5.74) is 0. The first-order valence-corrected chi connectivity index (χ1v) is 6.69. The lowest BCUT2D eigenvalue weighted by atomic mass is 10.2. The standard InChI is InChI=1S/C8H16O2S2/c1-2-11-8(5-6-9)4-3-7-12(8)10/h9H,2-7H2,1H3/t8-,12?/m1/s1. The van der Waals surface area contributed by atoms with Crippen LogP contribution in [0.2, 0.25) is 0 Å². The minimum absolute atomic E-state index is 0.108. The lowest BCUT2D eigenvalue weighted by Crippen LogP contribution is -2.27. The van der Waals surface area contributed by atoms with Crippen LogP contribution < -0.4 is 0 Å². The normalized spacial score (nSPS) is 35.7. The van der Waals surface area contributed by atoms with E-state index in [0.29, 0.717) is 6.42 Å². The van der Waals surface area contributed by atoms with Crippen LogP contribution in [0.15, 0.2) is 0 Å². The molecule has 0 saturated carbocycles. The highest BCUT2D eigenvalue weighted by Crippen LogP contribution is 2.41. The minimum atomic E-state index is -0.716. The van der Waals surface area contributed by atoms with E-state index in [9.17, 15) is 4.21 Å². The zero-order valence-corrected chi connectivity index (χ0v) is 9.05. The maximum absolute atomic E-state index is 11.7. The fraction of sp³-hybridized carbons (Fsp3) is 1.00. The average molecular weight is 208 g/mol. The molecule has 72 valence electrons. The van der Waals surface area contributed by atoms with Crippen molar-refractivity contribution in [2.24, 2.45) is 0 Å². The maximum atomic E-state index is 11.7. The number of thioether (sulfide) groups is 1. The predicted octanol–water partition coefficient (Wildman–Crippen LogP) is 1.36. The Morgan fingerprint density at radius 1 is 1.67 bits per heavy atom. The van der Waals surface area contributed by atoms with E-state index in [-0.39, 0.29) is 10.7 Å². The molecule has 0 aliphatic carbocycles.